The van der Waals surface area contributed by atoms with E-state index < -0.39 is 27.6 Å². The number of hydrogen-bond donors (Lipinski definition) is 1. The molecule has 0 amide bonds. The normalized spacial score (nSPS) is 24.9. The third kappa shape index (κ3) is 4.07. The molecular weight excluding hydrogens is 492 g/mol. The van der Waals surface area contributed by atoms with Crippen LogP contribution in [0.5, 0.6) is 0 Å². The Kier molecular flexibility index (Phi) is 5.59. The van der Waals surface area contributed by atoms with Crippen molar-refractivity contribution in [3.63, 3.8) is 0 Å². The highest BCUT2D eigenvalue weighted by molar-refractivity contribution is 7.89. The fourth-order valence-electron chi connectivity index (χ4n) is 5.69. The predicted molar refractivity (Wildman–Crippen MR) is 127 cm³/mol. The van der Waals surface area contributed by atoms with Crippen molar-refractivity contribution >= 4 is 27.0 Å². The van der Waals surface area contributed by atoms with Gasteiger partial charge in [-0.05, 0) is 56.1 Å². The summed E-state index contributed by atoms with van der Waals surface area (Å²) in [5.41, 5.74) is -0.835. The summed E-state index contributed by atoms with van der Waals surface area (Å²) in [6.07, 6.45) is 4.04. The van der Waals surface area contributed by atoms with Crippen LogP contribution >= 0.6 is 0 Å². The Morgan fingerprint density at radius 3 is 2.50 bits per heavy atom. The largest absolute Gasteiger partial charge is 0.351 e. The number of fused-ring (bicyclic) bond motifs is 2. The van der Waals surface area contributed by atoms with Crippen LogP contribution in [0.25, 0.3) is 11.0 Å². The molecule has 192 valence electrons. The molecule has 2 saturated carbocycles. The molecule has 1 saturated heterocycles. The lowest BCUT2D eigenvalue weighted by molar-refractivity contribution is 0.149. The summed E-state index contributed by atoms with van der Waals surface area (Å²) in [5.74, 6) is 1.44. The van der Waals surface area contributed by atoms with Gasteiger partial charge in [0.25, 0.3) is 22.0 Å². The average Bonchev–Trinajstić information content (AvgIpc) is 3.21. The van der Waals surface area contributed by atoms with Crippen molar-refractivity contribution in [3.05, 3.63) is 40.4 Å². The summed E-state index contributed by atoms with van der Waals surface area (Å²) in [5, 5.41) is 7.71. The second-order valence-corrected chi connectivity index (χ2v) is 12.0. The maximum Gasteiger partial charge on any atom is 0.269 e. The van der Waals surface area contributed by atoms with Gasteiger partial charge in [0.05, 0.1) is 5.56 Å². The minimum absolute atomic E-state index is 0.0277. The van der Waals surface area contributed by atoms with Crippen LogP contribution in [0.1, 0.15) is 50.1 Å². The third-order valence-electron chi connectivity index (χ3n) is 7.70. The van der Waals surface area contributed by atoms with Crippen LogP contribution in [0, 0.1) is 11.8 Å². The number of sulfonamides is 1. The number of aryl methyl sites for hydroxylation is 1. The number of rotatable bonds is 6. The molecule has 10 nitrogen and oxygen atoms in total. The van der Waals surface area contributed by atoms with E-state index in [2.05, 4.69) is 20.4 Å². The molecule has 0 aromatic carbocycles. The van der Waals surface area contributed by atoms with Crippen LogP contribution in [0.3, 0.4) is 0 Å². The highest BCUT2D eigenvalue weighted by Crippen LogP contribution is 2.56. The van der Waals surface area contributed by atoms with Gasteiger partial charge in [0.2, 0.25) is 5.95 Å². The van der Waals surface area contributed by atoms with E-state index in [9.17, 15) is 22.0 Å². The predicted octanol–water partition coefficient (Wildman–Crippen LogP) is 2.70. The summed E-state index contributed by atoms with van der Waals surface area (Å²) in [6, 6.07) is 2.47. The summed E-state index contributed by atoms with van der Waals surface area (Å²) in [4.78, 5) is 21.9. The Balaban J connectivity index is 1.23. The second-order valence-electron chi connectivity index (χ2n) is 10.1. The highest BCUT2D eigenvalue weighted by Gasteiger charge is 2.47. The molecule has 0 bridgehead atoms. The first-order valence-corrected chi connectivity index (χ1v) is 13.6. The lowest BCUT2D eigenvalue weighted by Gasteiger charge is -2.31. The van der Waals surface area contributed by atoms with Crippen molar-refractivity contribution < 1.29 is 17.2 Å². The van der Waals surface area contributed by atoms with E-state index >= 15 is 0 Å². The molecule has 1 unspecified atom stereocenters. The first kappa shape index (κ1) is 23.5. The SMILES string of the molecule is Cn1ccc(S(=O)(=O)N2CCC(Nc3ncc4cc(C(F)F)c(=O)n(C5C[C@@H]6C[C@@H]6C5)c4n3)CC2)n1. The number of alkyl halides is 2. The molecule has 6 rings (SSSR count). The maximum absolute atomic E-state index is 13.6. The number of anilines is 1. The van der Waals surface area contributed by atoms with E-state index in [1.807, 2.05) is 0 Å². The molecule has 3 aromatic rings. The standard InChI is InChI=1S/C23H27F2N7O3S/c1-30-5-4-19(29-30)36(34,35)31-6-2-16(3-7-31)27-23-26-12-15-11-18(20(24)25)22(33)32(21(15)28-23)17-9-13-8-14(13)10-17/h4-5,11-14,16-17,20H,2-3,6-10H2,1H3,(H,26,27,28)/t13-,14+,17?. The fourth-order valence-corrected chi connectivity index (χ4v) is 7.11. The van der Waals surface area contributed by atoms with E-state index in [0.717, 1.165) is 19.3 Å². The highest BCUT2D eigenvalue weighted by atomic mass is 32.2. The Morgan fingerprint density at radius 2 is 1.86 bits per heavy atom. The molecule has 36 heavy (non-hydrogen) atoms. The molecule has 0 radical (unpaired) electrons. The van der Waals surface area contributed by atoms with E-state index in [-0.39, 0.29) is 17.1 Å². The molecule has 4 heterocycles. The molecule has 1 N–H and O–H groups in total. The molecule has 1 aliphatic heterocycles. The van der Waals surface area contributed by atoms with Crippen molar-refractivity contribution in [1.82, 2.24) is 28.6 Å². The summed E-state index contributed by atoms with van der Waals surface area (Å²) in [6.45, 7) is 0.634. The number of nitrogens with one attached hydrogen (secondary N) is 1. The first-order valence-electron chi connectivity index (χ1n) is 12.2. The third-order valence-corrected chi connectivity index (χ3v) is 9.49. The van der Waals surface area contributed by atoms with Crippen LogP contribution in [-0.4, -0.2) is 56.2 Å². The maximum atomic E-state index is 13.6. The van der Waals surface area contributed by atoms with Gasteiger partial charge in [-0.3, -0.25) is 14.0 Å². The van der Waals surface area contributed by atoms with Crippen molar-refractivity contribution in [2.45, 2.75) is 55.6 Å². The number of nitrogens with zero attached hydrogens (tertiary/aromatic N) is 6. The molecule has 3 fully saturated rings. The molecule has 3 atom stereocenters. The molecule has 3 aliphatic rings. The second kappa shape index (κ2) is 8.58. The van der Waals surface area contributed by atoms with Gasteiger partial charge in [0, 0.05) is 50.0 Å². The summed E-state index contributed by atoms with van der Waals surface area (Å²) < 4.78 is 57.2. The zero-order valence-corrected chi connectivity index (χ0v) is 20.5. The van der Waals surface area contributed by atoms with Crippen molar-refractivity contribution in [2.24, 2.45) is 18.9 Å². The Hall–Kier alpha value is -2.93. The number of pyridine rings is 1. The number of piperidine rings is 1. The van der Waals surface area contributed by atoms with E-state index in [1.54, 1.807) is 13.2 Å². The van der Waals surface area contributed by atoms with Gasteiger partial charge in [0.15, 0.2) is 5.03 Å². The minimum Gasteiger partial charge on any atom is -0.351 e. The van der Waals surface area contributed by atoms with Gasteiger partial charge in [-0.2, -0.15) is 14.4 Å². The zero-order chi connectivity index (χ0) is 25.2. The lowest BCUT2D eigenvalue weighted by atomic mass is 10.1. The Labute approximate surface area is 206 Å². The van der Waals surface area contributed by atoms with Gasteiger partial charge in [-0.1, -0.05) is 0 Å². The van der Waals surface area contributed by atoms with Crippen LogP contribution in [-0.2, 0) is 17.1 Å². The van der Waals surface area contributed by atoms with Crippen molar-refractivity contribution in [2.75, 3.05) is 18.4 Å². The zero-order valence-electron chi connectivity index (χ0n) is 19.7. The first-order chi connectivity index (χ1) is 17.2. The number of halogens is 2. The molecule has 13 heteroatoms. The summed E-state index contributed by atoms with van der Waals surface area (Å²) in [7, 11) is -1.99. The smallest absolute Gasteiger partial charge is 0.269 e. The molecule has 0 spiro atoms. The minimum atomic E-state index is -3.66. The van der Waals surface area contributed by atoms with Gasteiger partial charge in [0.1, 0.15) is 5.65 Å². The van der Waals surface area contributed by atoms with Crippen LogP contribution in [0.15, 0.2) is 34.3 Å². The lowest BCUT2D eigenvalue weighted by Crippen LogP contribution is -2.42. The van der Waals surface area contributed by atoms with Gasteiger partial charge in [-0.15, -0.1) is 0 Å². The van der Waals surface area contributed by atoms with Gasteiger partial charge in [-0.25, -0.2) is 22.2 Å². The molecular formula is C23H27F2N7O3S. The number of aromatic nitrogens is 5. The van der Waals surface area contributed by atoms with Gasteiger partial charge < -0.3 is 5.32 Å². The Morgan fingerprint density at radius 1 is 1.14 bits per heavy atom. The quantitative estimate of drug-likeness (QED) is 0.533. The monoisotopic (exact) mass is 519 g/mol. The van der Waals surface area contributed by atoms with Crippen molar-refractivity contribution in [3.8, 4) is 0 Å². The topological polar surface area (TPSA) is 115 Å². The van der Waals surface area contributed by atoms with E-state index in [1.165, 1.54) is 31.9 Å². The fraction of sp³-hybridized carbons (Fsp3) is 0.565. The average molecular weight is 520 g/mol. The van der Waals surface area contributed by atoms with Gasteiger partial charge >= 0.3 is 0 Å². The van der Waals surface area contributed by atoms with Crippen LogP contribution in [0.4, 0.5) is 14.7 Å². The molecule has 3 aromatic heterocycles. The van der Waals surface area contributed by atoms with E-state index in [4.69, 9.17) is 0 Å². The van der Waals surface area contributed by atoms with E-state index in [0.29, 0.717) is 54.7 Å². The van der Waals surface area contributed by atoms with Crippen molar-refractivity contribution in [1.29, 1.82) is 0 Å². The molecule has 2 aliphatic carbocycles. The number of hydrogen-bond acceptors (Lipinski definition) is 7. The van der Waals surface area contributed by atoms with Crippen LogP contribution in [0.2, 0.25) is 0 Å². The Bertz CT molecular complexity index is 1470. The summed E-state index contributed by atoms with van der Waals surface area (Å²) >= 11 is 0. The van der Waals surface area contributed by atoms with Crippen LogP contribution < -0.4 is 10.9 Å².